The Morgan fingerprint density at radius 2 is 1.91 bits per heavy atom. The second kappa shape index (κ2) is 6.31. The third-order valence-corrected chi connectivity index (χ3v) is 3.45. The Hall–Kier alpha value is -3.15. The largest absolute Gasteiger partial charge is 0.341 e. The molecule has 0 saturated carbocycles. The van der Waals surface area contributed by atoms with E-state index in [2.05, 4.69) is 20.8 Å². The summed E-state index contributed by atoms with van der Waals surface area (Å²) < 4.78 is 0. The summed E-state index contributed by atoms with van der Waals surface area (Å²) in [6.45, 7) is 1.39. The number of carbonyl (C=O) groups is 2. The van der Waals surface area contributed by atoms with E-state index in [0.717, 1.165) is 16.5 Å². The van der Waals surface area contributed by atoms with Crippen LogP contribution in [0.5, 0.6) is 0 Å². The minimum Gasteiger partial charge on any atom is -0.341 e. The predicted molar refractivity (Wildman–Crippen MR) is 87.7 cm³/mol. The number of hydrogen-bond donors (Lipinski definition) is 3. The van der Waals surface area contributed by atoms with Crippen molar-refractivity contribution in [2.45, 2.75) is 13.0 Å². The summed E-state index contributed by atoms with van der Waals surface area (Å²) >= 11 is 0. The van der Waals surface area contributed by atoms with Gasteiger partial charge >= 0.3 is 0 Å². The molecule has 0 unspecified atom stereocenters. The van der Waals surface area contributed by atoms with E-state index in [1.165, 1.54) is 6.92 Å². The molecule has 23 heavy (non-hydrogen) atoms. The van der Waals surface area contributed by atoms with Gasteiger partial charge in [-0.2, -0.15) is 5.10 Å². The first-order valence-corrected chi connectivity index (χ1v) is 7.19. The first-order valence-electron chi connectivity index (χ1n) is 7.19. The van der Waals surface area contributed by atoms with Gasteiger partial charge in [0, 0.05) is 18.0 Å². The summed E-state index contributed by atoms with van der Waals surface area (Å²) in [6.07, 6.45) is 1.69. The Morgan fingerprint density at radius 3 is 2.65 bits per heavy atom. The number of aromatic amines is 1. The highest BCUT2D eigenvalue weighted by molar-refractivity contribution is 5.99. The molecular weight excluding hydrogens is 292 g/mol. The van der Waals surface area contributed by atoms with E-state index < -0.39 is 6.04 Å². The van der Waals surface area contributed by atoms with Crippen molar-refractivity contribution in [3.63, 3.8) is 0 Å². The van der Waals surface area contributed by atoms with Gasteiger partial charge in [-0.05, 0) is 23.8 Å². The van der Waals surface area contributed by atoms with Crippen LogP contribution in [0.2, 0.25) is 0 Å². The fourth-order valence-corrected chi connectivity index (χ4v) is 2.38. The molecule has 2 aromatic carbocycles. The van der Waals surface area contributed by atoms with Gasteiger partial charge in [0.2, 0.25) is 5.91 Å². The van der Waals surface area contributed by atoms with Gasteiger partial charge in [-0.15, -0.1) is 0 Å². The van der Waals surface area contributed by atoms with E-state index in [1.54, 1.807) is 24.4 Å². The van der Waals surface area contributed by atoms with Crippen molar-refractivity contribution in [1.29, 1.82) is 0 Å². The van der Waals surface area contributed by atoms with Crippen LogP contribution in [0.25, 0.3) is 10.9 Å². The summed E-state index contributed by atoms with van der Waals surface area (Å²) in [5.41, 5.74) is 2.27. The molecule has 1 heterocycles. The number of rotatable bonds is 4. The van der Waals surface area contributed by atoms with Gasteiger partial charge in [-0.25, -0.2) is 0 Å². The zero-order valence-corrected chi connectivity index (χ0v) is 12.5. The lowest BCUT2D eigenvalue weighted by Crippen LogP contribution is -2.35. The maximum Gasteiger partial charge on any atom is 0.251 e. The molecule has 6 heteroatoms. The fraction of sp³-hybridized carbons (Fsp3) is 0.118. The molecule has 0 aliphatic heterocycles. The lowest BCUT2D eigenvalue weighted by Gasteiger charge is -2.18. The summed E-state index contributed by atoms with van der Waals surface area (Å²) in [5, 5.41) is 13.2. The molecule has 0 bridgehead atoms. The maximum atomic E-state index is 12.6. The van der Waals surface area contributed by atoms with Gasteiger partial charge in [0.1, 0.15) is 6.04 Å². The molecule has 6 nitrogen and oxygen atoms in total. The topological polar surface area (TPSA) is 86.9 Å². The van der Waals surface area contributed by atoms with Crippen LogP contribution < -0.4 is 10.6 Å². The maximum absolute atomic E-state index is 12.6. The molecule has 0 aliphatic rings. The van der Waals surface area contributed by atoms with Gasteiger partial charge in [-0.1, -0.05) is 30.3 Å². The van der Waals surface area contributed by atoms with Crippen molar-refractivity contribution in [3.8, 4) is 0 Å². The van der Waals surface area contributed by atoms with Crippen LogP contribution in [0.15, 0.2) is 54.7 Å². The second-order valence-electron chi connectivity index (χ2n) is 5.21. The van der Waals surface area contributed by atoms with Gasteiger partial charge in [0.15, 0.2) is 0 Å². The number of fused-ring (bicyclic) bond motifs is 1. The molecule has 116 valence electrons. The van der Waals surface area contributed by atoms with Crippen LogP contribution in [-0.4, -0.2) is 22.0 Å². The smallest absolute Gasteiger partial charge is 0.251 e. The Labute approximate surface area is 132 Å². The molecule has 1 atom stereocenters. The van der Waals surface area contributed by atoms with Crippen LogP contribution in [-0.2, 0) is 9.59 Å². The average Bonchev–Trinajstić information content (AvgIpc) is 3.01. The summed E-state index contributed by atoms with van der Waals surface area (Å²) in [7, 11) is 0. The van der Waals surface area contributed by atoms with Crippen molar-refractivity contribution >= 4 is 28.4 Å². The second-order valence-corrected chi connectivity index (χ2v) is 5.21. The van der Waals surface area contributed by atoms with Crippen LogP contribution in [0.4, 0.5) is 5.69 Å². The van der Waals surface area contributed by atoms with E-state index in [-0.39, 0.29) is 11.8 Å². The monoisotopic (exact) mass is 308 g/mol. The van der Waals surface area contributed by atoms with Crippen LogP contribution in [0.3, 0.4) is 0 Å². The molecule has 1 aromatic heterocycles. The Bertz CT molecular complexity index is 842. The number of aromatic nitrogens is 2. The van der Waals surface area contributed by atoms with Crippen LogP contribution in [0, 0.1) is 0 Å². The number of anilines is 1. The zero-order valence-electron chi connectivity index (χ0n) is 12.5. The van der Waals surface area contributed by atoms with E-state index in [9.17, 15) is 9.59 Å². The summed E-state index contributed by atoms with van der Waals surface area (Å²) in [5.74, 6) is -0.562. The zero-order chi connectivity index (χ0) is 16.2. The fourth-order valence-electron chi connectivity index (χ4n) is 2.38. The molecule has 3 N–H and O–H groups in total. The van der Waals surface area contributed by atoms with Crippen molar-refractivity contribution in [2.24, 2.45) is 0 Å². The average molecular weight is 308 g/mol. The number of hydrogen-bond acceptors (Lipinski definition) is 3. The number of carbonyl (C=O) groups excluding carboxylic acids is 2. The number of nitrogens with zero attached hydrogens (tertiary/aromatic N) is 1. The van der Waals surface area contributed by atoms with Crippen molar-refractivity contribution in [2.75, 3.05) is 5.32 Å². The molecule has 0 spiro atoms. The summed E-state index contributed by atoms with van der Waals surface area (Å²) in [4.78, 5) is 24.0. The van der Waals surface area contributed by atoms with Crippen LogP contribution >= 0.6 is 0 Å². The first-order chi connectivity index (χ1) is 11.1. The van der Waals surface area contributed by atoms with Gasteiger partial charge < -0.3 is 10.6 Å². The number of nitrogens with one attached hydrogen (secondary N) is 3. The lowest BCUT2D eigenvalue weighted by atomic mass is 10.1. The summed E-state index contributed by atoms with van der Waals surface area (Å²) in [6, 6.07) is 13.8. The third-order valence-electron chi connectivity index (χ3n) is 3.45. The highest BCUT2D eigenvalue weighted by atomic mass is 16.2. The quantitative estimate of drug-likeness (QED) is 0.691. The minimum absolute atomic E-state index is 0.265. The normalized spacial score (nSPS) is 11.9. The molecular formula is C17H16N4O2. The Kier molecular flexibility index (Phi) is 4.05. The Morgan fingerprint density at radius 1 is 1.13 bits per heavy atom. The third kappa shape index (κ3) is 3.37. The minimum atomic E-state index is -0.742. The van der Waals surface area contributed by atoms with E-state index in [1.807, 2.05) is 30.3 Å². The van der Waals surface area contributed by atoms with E-state index in [4.69, 9.17) is 0 Å². The molecule has 0 saturated heterocycles. The molecule has 0 aliphatic carbocycles. The van der Waals surface area contributed by atoms with Crippen molar-refractivity contribution in [1.82, 2.24) is 15.5 Å². The molecule has 3 rings (SSSR count). The highest BCUT2D eigenvalue weighted by Crippen LogP contribution is 2.19. The number of H-pyrrole nitrogens is 1. The van der Waals surface area contributed by atoms with Gasteiger partial charge in [-0.3, -0.25) is 14.7 Å². The van der Waals surface area contributed by atoms with E-state index >= 15 is 0 Å². The lowest BCUT2D eigenvalue weighted by molar-refractivity contribution is -0.125. The van der Waals surface area contributed by atoms with E-state index in [0.29, 0.717) is 5.69 Å². The predicted octanol–water partition coefficient (Wildman–Crippen LogP) is 2.38. The van der Waals surface area contributed by atoms with Gasteiger partial charge in [0.25, 0.3) is 5.91 Å². The molecule has 0 radical (unpaired) electrons. The number of benzene rings is 2. The molecule has 3 aromatic rings. The van der Waals surface area contributed by atoms with Crippen molar-refractivity contribution < 1.29 is 9.59 Å². The SMILES string of the molecule is CC(=O)N[C@@H](C(=O)Nc1ccc2[nH]ncc2c1)c1ccccc1. The highest BCUT2D eigenvalue weighted by Gasteiger charge is 2.21. The molecule has 2 amide bonds. The van der Waals surface area contributed by atoms with Gasteiger partial charge in [0.05, 0.1) is 11.7 Å². The standard InChI is InChI=1S/C17H16N4O2/c1-11(22)19-16(12-5-3-2-4-6-12)17(23)20-14-7-8-15-13(9-14)10-18-21-15/h2-10,16H,1H3,(H,18,21)(H,19,22)(H,20,23)/t16-/m1/s1. The molecule has 0 fully saturated rings. The van der Waals surface area contributed by atoms with Crippen molar-refractivity contribution in [3.05, 3.63) is 60.3 Å². The van der Waals surface area contributed by atoms with Crippen LogP contribution in [0.1, 0.15) is 18.5 Å². The Balaban J connectivity index is 1.84. The number of amides is 2. The first kappa shape index (κ1) is 14.8.